The highest BCUT2D eigenvalue weighted by molar-refractivity contribution is 5.10. The van der Waals surface area contributed by atoms with Gasteiger partial charge in [-0.3, -0.25) is 5.10 Å². The molecule has 0 aliphatic carbocycles. The zero-order chi connectivity index (χ0) is 9.90. The summed E-state index contributed by atoms with van der Waals surface area (Å²) in [4.78, 5) is 3.29. The molecule has 0 fully saturated rings. The molecule has 1 rings (SSSR count). The minimum atomic E-state index is -3.14. The summed E-state index contributed by atoms with van der Waals surface area (Å²) >= 11 is 0. The maximum absolute atomic E-state index is 13.0. The number of rotatable bonds is 3. The van der Waals surface area contributed by atoms with Crippen LogP contribution in [0.3, 0.4) is 0 Å². The number of aromatic amines is 1. The van der Waals surface area contributed by atoms with E-state index in [1.807, 2.05) is 5.10 Å². The minimum absolute atomic E-state index is 0.293. The van der Waals surface area contributed by atoms with Gasteiger partial charge in [-0.15, -0.1) is 11.7 Å². The zero-order valence-corrected chi connectivity index (χ0v) is 6.59. The van der Waals surface area contributed by atoms with Crippen molar-refractivity contribution >= 4 is 0 Å². The lowest BCUT2D eigenvalue weighted by Gasteiger charge is -2.08. The molecule has 0 bridgehead atoms. The smallest absolute Gasteiger partial charge is 0.257 e. The van der Waals surface area contributed by atoms with Gasteiger partial charge in [0, 0.05) is 6.42 Å². The monoisotopic (exact) mass is 184 g/mol. The van der Waals surface area contributed by atoms with E-state index >= 15 is 0 Å². The van der Waals surface area contributed by atoms with E-state index in [-0.39, 0.29) is 5.82 Å². The summed E-state index contributed by atoms with van der Waals surface area (Å²) < 4.78 is 26.0. The first kappa shape index (κ1) is 9.32. The van der Waals surface area contributed by atoms with Gasteiger partial charge in [0.1, 0.15) is 6.07 Å². The highest BCUT2D eigenvalue weighted by Crippen LogP contribution is 2.28. The van der Waals surface area contributed by atoms with Gasteiger partial charge in [-0.2, -0.15) is 19.0 Å². The highest BCUT2D eigenvalue weighted by atomic mass is 19.3. The fraction of sp³-hybridized carbons (Fsp3) is 0.286. The molecule has 68 valence electrons. The second-order valence-electron chi connectivity index (χ2n) is 2.32. The van der Waals surface area contributed by atoms with E-state index in [1.165, 1.54) is 0 Å². The molecular weight excluding hydrogens is 178 g/mol. The molecule has 4 nitrogen and oxygen atoms in total. The van der Waals surface area contributed by atoms with E-state index in [0.29, 0.717) is 0 Å². The first-order chi connectivity index (χ1) is 6.10. The number of hydrogen-bond acceptors (Lipinski definition) is 3. The van der Waals surface area contributed by atoms with Gasteiger partial charge in [-0.25, -0.2) is 0 Å². The third-order valence-corrected chi connectivity index (χ3v) is 1.33. The molecule has 0 saturated heterocycles. The molecule has 0 spiro atoms. The molecule has 0 aliphatic rings. The lowest BCUT2D eigenvalue weighted by molar-refractivity contribution is -0.00993. The predicted octanol–water partition coefficient (Wildman–Crippen LogP) is 1.34. The number of H-pyrrole nitrogens is 1. The molecule has 1 aromatic heterocycles. The Labute approximate surface area is 72.9 Å². The molecule has 13 heavy (non-hydrogen) atoms. The van der Waals surface area contributed by atoms with Gasteiger partial charge in [0.05, 0.1) is 0 Å². The van der Waals surface area contributed by atoms with Crippen molar-refractivity contribution in [3.05, 3.63) is 24.3 Å². The van der Waals surface area contributed by atoms with Crippen molar-refractivity contribution in [1.82, 2.24) is 15.2 Å². The summed E-state index contributed by atoms with van der Waals surface area (Å²) in [7, 11) is 0. The Balaban J connectivity index is 2.94. The summed E-state index contributed by atoms with van der Waals surface area (Å²) in [5, 5.41) is 13.6. The Morgan fingerprint density at radius 1 is 1.69 bits per heavy atom. The van der Waals surface area contributed by atoms with Crippen molar-refractivity contribution in [2.45, 2.75) is 12.3 Å². The summed E-state index contributed by atoms with van der Waals surface area (Å²) in [6, 6.07) is 1.55. The second-order valence-corrected chi connectivity index (χ2v) is 2.32. The normalized spacial score (nSPS) is 10.8. The van der Waals surface area contributed by atoms with Gasteiger partial charge in [0.2, 0.25) is 0 Å². The maximum Gasteiger partial charge on any atom is 0.309 e. The quantitative estimate of drug-likeness (QED) is 0.721. The molecule has 0 amide bonds. The molecule has 0 saturated carbocycles. The van der Waals surface area contributed by atoms with Crippen molar-refractivity contribution in [1.29, 1.82) is 5.26 Å². The number of allylic oxidation sites excluding steroid dienone is 1. The predicted molar refractivity (Wildman–Crippen MR) is 39.8 cm³/mol. The lowest BCUT2D eigenvalue weighted by atomic mass is 10.2. The molecule has 1 heterocycles. The van der Waals surface area contributed by atoms with E-state index in [2.05, 4.69) is 16.7 Å². The van der Waals surface area contributed by atoms with Gasteiger partial charge >= 0.3 is 5.92 Å². The Hall–Kier alpha value is -1.77. The first-order valence-electron chi connectivity index (χ1n) is 3.42. The van der Waals surface area contributed by atoms with Crippen LogP contribution in [0.2, 0.25) is 0 Å². The van der Waals surface area contributed by atoms with E-state index < -0.39 is 18.2 Å². The van der Waals surface area contributed by atoms with Crippen LogP contribution >= 0.6 is 0 Å². The van der Waals surface area contributed by atoms with Gasteiger partial charge in [0.15, 0.2) is 5.82 Å². The number of halogens is 2. The average molecular weight is 184 g/mol. The first-order valence-corrected chi connectivity index (χ1v) is 3.42. The molecular formula is C7H6F2N4. The fourth-order valence-electron chi connectivity index (χ4n) is 0.753. The van der Waals surface area contributed by atoms with Gasteiger partial charge in [-0.05, 0) is 0 Å². The van der Waals surface area contributed by atoms with Crippen LogP contribution in [0, 0.1) is 11.3 Å². The molecule has 1 N–H and O–H groups in total. The van der Waals surface area contributed by atoms with Crippen LogP contribution in [-0.2, 0) is 5.92 Å². The molecule has 0 aromatic carbocycles. The second kappa shape index (κ2) is 3.31. The Kier molecular flexibility index (Phi) is 2.37. The van der Waals surface area contributed by atoms with E-state index in [9.17, 15) is 8.78 Å². The Morgan fingerprint density at radius 2 is 2.38 bits per heavy atom. The standard InChI is InChI=1S/C7H6F2N4/c1-2-3-7(8,9)6-11-5(4-10)12-13-6/h2H,1,3H2,(H,11,12,13). The van der Waals surface area contributed by atoms with Gasteiger partial charge in [-0.1, -0.05) is 6.08 Å². The molecule has 6 heteroatoms. The summed E-state index contributed by atoms with van der Waals surface area (Å²) in [5.74, 6) is -4.04. The Morgan fingerprint density at radius 3 is 2.85 bits per heavy atom. The number of aromatic nitrogens is 3. The molecule has 0 unspecified atom stereocenters. The van der Waals surface area contributed by atoms with Crippen molar-refractivity contribution < 1.29 is 8.78 Å². The van der Waals surface area contributed by atoms with Crippen LogP contribution in [-0.4, -0.2) is 15.2 Å². The molecule has 1 aromatic rings. The number of nitrogens with one attached hydrogen (secondary N) is 1. The Bertz CT molecular complexity index is 350. The van der Waals surface area contributed by atoms with Crippen molar-refractivity contribution in [2.24, 2.45) is 0 Å². The third-order valence-electron chi connectivity index (χ3n) is 1.33. The molecule has 0 aliphatic heterocycles. The van der Waals surface area contributed by atoms with Gasteiger partial charge < -0.3 is 0 Å². The topological polar surface area (TPSA) is 65.4 Å². The van der Waals surface area contributed by atoms with E-state index in [4.69, 9.17) is 5.26 Å². The SMILES string of the molecule is C=CCC(F)(F)c1nc(C#N)n[nH]1. The fourth-order valence-corrected chi connectivity index (χ4v) is 0.753. The lowest BCUT2D eigenvalue weighted by Crippen LogP contribution is -2.14. The van der Waals surface area contributed by atoms with Crippen LogP contribution in [0.15, 0.2) is 12.7 Å². The number of nitrogens with zero attached hydrogens (tertiary/aromatic N) is 3. The van der Waals surface area contributed by atoms with Crippen LogP contribution in [0.4, 0.5) is 8.78 Å². The van der Waals surface area contributed by atoms with Crippen LogP contribution in [0.25, 0.3) is 0 Å². The van der Waals surface area contributed by atoms with Crippen molar-refractivity contribution in [3.8, 4) is 6.07 Å². The largest absolute Gasteiger partial charge is 0.309 e. The summed E-state index contributed by atoms with van der Waals surface area (Å²) in [6.07, 6.45) is 0.543. The minimum Gasteiger partial charge on any atom is -0.257 e. The van der Waals surface area contributed by atoms with Crippen molar-refractivity contribution in [3.63, 3.8) is 0 Å². The summed E-state index contributed by atoms with van der Waals surface area (Å²) in [6.45, 7) is 3.19. The zero-order valence-electron chi connectivity index (χ0n) is 6.59. The van der Waals surface area contributed by atoms with Crippen LogP contribution < -0.4 is 0 Å². The van der Waals surface area contributed by atoms with Crippen molar-refractivity contribution in [2.75, 3.05) is 0 Å². The van der Waals surface area contributed by atoms with Crippen LogP contribution in [0.1, 0.15) is 18.1 Å². The molecule has 0 atom stereocenters. The number of hydrogen-bond donors (Lipinski definition) is 1. The molecule has 0 radical (unpaired) electrons. The number of alkyl halides is 2. The van der Waals surface area contributed by atoms with E-state index in [1.54, 1.807) is 6.07 Å². The third kappa shape index (κ3) is 1.87. The van der Waals surface area contributed by atoms with Gasteiger partial charge in [0.25, 0.3) is 5.82 Å². The van der Waals surface area contributed by atoms with E-state index in [0.717, 1.165) is 6.08 Å². The number of nitriles is 1. The average Bonchev–Trinajstić information content (AvgIpc) is 2.52. The highest BCUT2D eigenvalue weighted by Gasteiger charge is 2.33. The van der Waals surface area contributed by atoms with Crippen LogP contribution in [0.5, 0.6) is 0 Å². The summed E-state index contributed by atoms with van der Waals surface area (Å²) in [5.41, 5.74) is 0. The maximum atomic E-state index is 13.0.